The number of rotatable bonds is 0. The molecule has 0 nitrogen and oxygen atoms in total. The third-order valence-electron chi connectivity index (χ3n) is 1.83. The minimum atomic E-state index is 0.0347. The molecule has 0 N–H and O–H groups in total. The van der Waals surface area contributed by atoms with E-state index in [0.717, 1.165) is 0 Å². The van der Waals surface area contributed by atoms with Crippen LogP contribution in [0.3, 0.4) is 0 Å². The van der Waals surface area contributed by atoms with Gasteiger partial charge in [0.15, 0.2) is 0 Å². The monoisotopic (exact) mass is 102 g/mol. The van der Waals surface area contributed by atoms with E-state index in [2.05, 4.69) is 5.17 Å². The van der Waals surface area contributed by atoms with Gasteiger partial charge in [-0.1, -0.05) is 0 Å². The molecule has 26 valence electrons. The van der Waals surface area contributed by atoms with Crippen LogP contribution in [0.2, 0.25) is 0 Å². The molecule has 3 heterocycles. The molecule has 0 atom stereocenters. The van der Waals surface area contributed by atoms with Gasteiger partial charge in [0, 0.05) is 11.8 Å². The highest BCUT2D eigenvalue weighted by Gasteiger charge is 2.77. The second kappa shape index (κ2) is 0.251. The van der Waals surface area contributed by atoms with Crippen LogP contribution >= 0.6 is 13.1 Å². The molecule has 2 heteroatoms. The normalized spacial score (nSPS) is 88.0. The summed E-state index contributed by atoms with van der Waals surface area (Å²) in [6.07, 6.45) is 0. The highest BCUT2D eigenvalue weighted by atomic mass is 32.2. The Bertz CT molecular complexity index is 195. The first-order chi connectivity index (χ1) is 2.37. The van der Waals surface area contributed by atoms with Gasteiger partial charge in [0.25, 0.3) is 0 Å². The Morgan fingerprint density at radius 1 is 1.20 bits per heavy atom. The van der Waals surface area contributed by atoms with Gasteiger partial charge in [-0.2, -0.15) is 0 Å². The van der Waals surface area contributed by atoms with Crippen molar-refractivity contribution in [2.45, 2.75) is 0 Å². The van der Waals surface area contributed by atoms with E-state index in [9.17, 15) is 0 Å². The summed E-state index contributed by atoms with van der Waals surface area (Å²) in [5, 5.41) is 3.57. The van der Waals surface area contributed by atoms with Crippen LogP contribution in [0, 0.1) is 0 Å². The lowest BCUT2D eigenvalue weighted by atomic mass is 11.8. The second-order valence-electron chi connectivity index (χ2n) is 2.23. The smallest absolute Gasteiger partial charge is 0.00975 e. The van der Waals surface area contributed by atoms with Crippen LogP contribution in [0.5, 0.6) is 0 Å². The van der Waals surface area contributed by atoms with Crippen molar-refractivity contribution in [3.05, 3.63) is 0 Å². The number of hydrogen-bond donors (Lipinski definition) is 0. The molecule has 0 aliphatic carbocycles. The van der Waals surface area contributed by atoms with Gasteiger partial charge >= 0.3 is 0 Å². The van der Waals surface area contributed by atoms with E-state index < -0.39 is 0 Å². The molecule has 5 heavy (non-hydrogen) atoms. The fourth-order valence-corrected chi connectivity index (χ4v) is 16.5. The maximum absolute atomic E-state index is 3.57. The average Bonchev–Trinajstić information content (AvgIpc) is 1.30. The Balaban J connectivity index is 3.03. The summed E-state index contributed by atoms with van der Waals surface area (Å²) in [5.41, 5.74) is 0. The van der Waals surface area contributed by atoms with Gasteiger partial charge in [-0.15, -0.1) is 5.17 Å². The predicted octanol–water partition coefficient (Wildman–Crippen LogP) is 1.53. The minimum absolute atomic E-state index is 0.0347. The quantitative estimate of drug-likeness (QED) is 0.407. The van der Waals surface area contributed by atoms with E-state index in [1.54, 1.807) is 11.8 Å². The summed E-state index contributed by atoms with van der Waals surface area (Å²) < 4.78 is 0. The van der Waals surface area contributed by atoms with Gasteiger partial charge in [-0.25, -0.2) is 0 Å². The summed E-state index contributed by atoms with van der Waals surface area (Å²) in [6, 6.07) is 0. The van der Waals surface area contributed by atoms with Crippen LogP contribution in [0.25, 0.3) is 0 Å². The first kappa shape index (κ1) is 2.08. The molecule has 0 bridgehead atoms. The summed E-state index contributed by atoms with van der Waals surface area (Å²) >= 11 is 0. The van der Waals surface area contributed by atoms with E-state index in [-0.39, 0.29) is 13.1 Å². The molecule has 0 radical (unpaired) electrons. The van der Waals surface area contributed by atoms with Crippen LogP contribution < -0.4 is 0 Å². The predicted molar refractivity (Wildman–Crippen MR) is 28.6 cm³/mol. The van der Waals surface area contributed by atoms with Crippen LogP contribution in [0.15, 0.2) is 0 Å². The summed E-state index contributed by atoms with van der Waals surface area (Å²) in [4.78, 5) is 0. The SMILES string of the molecule is C1=P23CP=12C3. The second-order valence-corrected chi connectivity index (χ2v) is 13.6. The standard InChI is InChI=1S/C3H4P2/c1-4-2-5(1,4)3-4/h1-2H2. The first-order valence-electron chi connectivity index (χ1n) is 1.91. The highest BCUT2D eigenvalue weighted by molar-refractivity contribution is 8.84. The van der Waals surface area contributed by atoms with E-state index in [0.29, 0.717) is 0 Å². The van der Waals surface area contributed by atoms with Gasteiger partial charge in [0.2, 0.25) is 0 Å². The Morgan fingerprint density at radius 2 is 1.40 bits per heavy atom. The molecule has 3 aliphatic heterocycles. The Kier molecular flexibility index (Phi) is 0.105. The van der Waals surface area contributed by atoms with E-state index >= 15 is 0 Å². The van der Waals surface area contributed by atoms with Crippen LogP contribution in [-0.4, -0.2) is 17.0 Å². The molecular weight excluding hydrogens is 98.0 g/mol. The zero-order chi connectivity index (χ0) is 3.12. The molecule has 0 unspecified atom stereocenters. The zero-order valence-corrected chi connectivity index (χ0v) is 4.60. The highest BCUT2D eigenvalue weighted by Crippen LogP contribution is 3.29. The molecule has 0 aromatic heterocycles. The van der Waals surface area contributed by atoms with Crippen molar-refractivity contribution in [2.75, 3.05) is 11.8 Å². The van der Waals surface area contributed by atoms with Crippen molar-refractivity contribution >= 4 is 18.3 Å². The maximum atomic E-state index is 3.57. The molecule has 0 spiro atoms. The lowest BCUT2D eigenvalue weighted by Crippen LogP contribution is -1.64. The van der Waals surface area contributed by atoms with Crippen molar-refractivity contribution in [3.8, 4) is 0 Å². The Hall–Kier alpha value is 0.640. The molecule has 3 rings (SSSR count). The average molecular weight is 102 g/mol. The molecule has 2 fully saturated rings. The van der Waals surface area contributed by atoms with Crippen molar-refractivity contribution < 1.29 is 0 Å². The Labute approximate surface area is 31.0 Å². The van der Waals surface area contributed by atoms with Gasteiger partial charge in [0.05, 0.1) is 0 Å². The molecule has 3 aliphatic rings. The molecule has 0 saturated carbocycles. The molecule has 2 saturated heterocycles. The maximum Gasteiger partial charge on any atom is 0.00975 e. The summed E-state index contributed by atoms with van der Waals surface area (Å²) in [7, 11) is 0. The van der Waals surface area contributed by atoms with Crippen LogP contribution in [0.1, 0.15) is 0 Å². The summed E-state index contributed by atoms with van der Waals surface area (Å²) in [6.45, 7) is 0.0694. The minimum Gasteiger partial charge on any atom is -0.121 e. The van der Waals surface area contributed by atoms with Crippen molar-refractivity contribution in [2.24, 2.45) is 0 Å². The van der Waals surface area contributed by atoms with Crippen molar-refractivity contribution in [3.63, 3.8) is 0 Å². The van der Waals surface area contributed by atoms with Crippen LogP contribution in [0.4, 0.5) is 0 Å². The van der Waals surface area contributed by atoms with Crippen molar-refractivity contribution in [1.29, 1.82) is 0 Å². The fraction of sp³-hybridized carbons (Fsp3) is 0.667. The molecule has 0 aromatic rings. The first-order valence-corrected chi connectivity index (χ1v) is 6.94. The van der Waals surface area contributed by atoms with Gasteiger partial charge in [0.1, 0.15) is 0 Å². The fourth-order valence-electron chi connectivity index (χ4n) is 0.973. The van der Waals surface area contributed by atoms with Gasteiger partial charge in [-0.3, -0.25) is 0 Å². The lowest BCUT2D eigenvalue weighted by molar-refractivity contribution is 2.03. The molecule has 0 amide bonds. The van der Waals surface area contributed by atoms with Gasteiger partial charge in [-0.05, 0) is 13.1 Å². The Morgan fingerprint density at radius 3 is 1.40 bits per heavy atom. The largest absolute Gasteiger partial charge is 0.121 e. The van der Waals surface area contributed by atoms with E-state index in [1.807, 2.05) is 0 Å². The number of hydrogen-bond acceptors (Lipinski definition) is 0. The third kappa shape index (κ3) is 0.0691. The zero-order valence-electron chi connectivity index (χ0n) is 2.81. The van der Waals surface area contributed by atoms with Gasteiger partial charge < -0.3 is 0 Å². The lowest BCUT2D eigenvalue weighted by Gasteiger charge is -1.81. The van der Waals surface area contributed by atoms with E-state index in [1.165, 1.54) is 0 Å². The molecule has 0 aromatic carbocycles. The topological polar surface area (TPSA) is 0 Å². The summed E-state index contributed by atoms with van der Waals surface area (Å²) in [5.74, 6) is 3.47. The van der Waals surface area contributed by atoms with E-state index in [4.69, 9.17) is 0 Å². The molecular formula is C3H4P2. The third-order valence-corrected chi connectivity index (χ3v) is 16.5. The van der Waals surface area contributed by atoms with Crippen LogP contribution in [-0.2, 0) is 0 Å². The van der Waals surface area contributed by atoms with Crippen molar-refractivity contribution in [1.82, 2.24) is 0 Å².